The van der Waals surface area contributed by atoms with Crippen molar-refractivity contribution in [3.63, 3.8) is 0 Å². The molecule has 3 fully saturated rings. The van der Waals surface area contributed by atoms with E-state index >= 15 is 0 Å². The molecule has 2 unspecified atom stereocenters. The number of carbonyl (C=O) groups is 1. The van der Waals surface area contributed by atoms with Crippen LogP contribution in [0.1, 0.15) is 37.7 Å². The monoisotopic (exact) mass is 397 g/mol. The molecule has 25 heavy (non-hydrogen) atoms. The summed E-state index contributed by atoms with van der Waals surface area (Å²) in [5.74, 6) is -0.0418. The third-order valence-corrected chi connectivity index (χ3v) is 7.89. The molecule has 1 aromatic rings. The van der Waals surface area contributed by atoms with Gasteiger partial charge in [0.15, 0.2) is 0 Å². The van der Waals surface area contributed by atoms with Gasteiger partial charge in [-0.15, -0.1) is 0 Å². The topological polar surface area (TPSA) is 47.0 Å². The summed E-state index contributed by atoms with van der Waals surface area (Å²) in [5, 5.41) is 0. The van der Waals surface area contributed by atoms with Crippen LogP contribution in [0.15, 0.2) is 24.3 Å². The third-order valence-electron chi connectivity index (χ3n) is 5.76. The summed E-state index contributed by atoms with van der Waals surface area (Å²) in [6, 6.07) is 8.03. The van der Waals surface area contributed by atoms with Gasteiger partial charge < -0.3 is 9.45 Å². The number of hydrogen-bond acceptors (Lipinski definition) is 4. The molecule has 5 nitrogen and oxygen atoms in total. The van der Waals surface area contributed by atoms with E-state index in [1.807, 2.05) is 0 Å². The predicted molar refractivity (Wildman–Crippen MR) is 107 cm³/mol. The van der Waals surface area contributed by atoms with E-state index in [1.165, 1.54) is 48.0 Å². The van der Waals surface area contributed by atoms with Gasteiger partial charge in [0.25, 0.3) is 0 Å². The highest BCUT2D eigenvalue weighted by Gasteiger charge is 2.49. The second-order valence-corrected chi connectivity index (χ2v) is 9.55. The van der Waals surface area contributed by atoms with E-state index in [0.29, 0.717) is 13.0 Å². The molecule has 0 bridgehead atoms. The average molecular weight is 398 g/mol. The number of thiol groups is 1. The lowest BCUT2D eigenvalue weighted by molar-refractivity contribution is -0.119. The molecule has 2 heterocycles. The standard InChI is InChI=1S/C17H23N3O2S3/c21-16-15(20(23)25(22)24)7-12-19(16)14-5-3-13(4-6-14)17(8-9-17)18-10-1-2-11-18/h3-6,15,23H,1-2,7-12H2,(H,22,24). The highest BCUT2D eigenvalue weighted by Crippen LogP contribution is 2.52. The first-order valence-corrected chi connectivity index (χ1v) is 11.3. The van der Waals surface area contributed by atoms with Crippen LogP contribution in [0.5, 0.6) is 0 Å². The van der Waals surface area contributed by atoms with Crippen LogP contribution in [0.2, 0.25) is 0 Å². The van der Waals surface area contributed by atoms with Crippen LogP contribution in [0, 0.1) is 0 Å². The van der Waals surface area contributed by atoms with Gasteiger partial charge in [0.2, 0.25) is 5.91 Å². The lowest BCUT2D eigenvalue weighted by Gasteiger charge is -2.28. The summed E-state index contributed by atoms with van der Waals surface area (Å²) in [6.45, 7) is 3.04. The molecule has 2 saturated heterocycles. The van der Waals surface area contributed by atoms with Crippen molar-refractivity contribution in [1.82, 2.24) is 8.61 Å². The molecule has 1 aliphatic carbocycles. The Morgan fingerprint density at radius 3 is 2.40 bits per heavy atom. The summed E-state index contributed by atoms with van der Waals surface area (Å²) >= 11 is 9.00. The van der Waals surface area contributed by atoms with E-state index in [4.69, 9.17) is 11.2 Å². The molecule has 0 radical (unpaired) electrons. The Bertz CT molecular complexity index is 687. The van der Waals surface area contributed by atoms with E-state index in [-0.39, 0.29) is 11.4 Å². The molecule has 8 heteroatoms. The third kappa shape index (κ3) is 3.17. The number of anilines is 1. The van der Waals surface area contributed by atoms with Crippen molar-refractivity contribution in [3.8, 4) is 0 Å². The average Bonchev–Trinajstić information content (AvgIpc) is 3.05. The minimum atomic E-state index is -1.42. The molecule has 0 spiro atoms. The van der Waals surface area contributed by atoms with Crippen molar-refractivity contribution >= 4 is 45.5 Å². The number of carbonyl (C=O) groups excluding carboxylic acids is 1. The highest BCUT2D eigenvalue weighted by atomic mass is 32.8. The number of benzene rings is 1. The summed E-state index contributed by atoms with van der Waals surface area (Å²) in [6.07, 6.45) is 5.72. The molecule has 4 rings (SSSR count). The van der Waals surface area contributed by atoms with Crippen LogP contribution in [0.4, 0.5) is 5.69 Å². The van der Waals surface area contributed by atoms with Crippen molar-refractivity contribution in [1.29, 1.82) is 0 Å². The largest absolute Gasteiger partial charge is 0.315 e. The zero-order valence-electron chi connectivity index (χ0n) is 14.0. The maximum absolute atomic E-state index is 12.6. The first-order chi connectivity index (χ1) is 12.0. The van der Waals surface area contributed by atoms with Crippen LogP contribution >= 0.6 is 12.8 Å². The van der Waals surface area contributed by atoms with Gasteiger partial charge in [-0.1, -0.05) is 24.9 Å². The quantitative estimate of drug-likeness (QED) is 0.748. The fourth-order valence-electron chi connectivity index (χ4n) is 4.24. The Morgan fingerprint density at radius 2 is 1.84 bits per heavy atom. The van der Waals surface area contributed by atoms with E-state index in [0.717, 1.165) is 5.69 Å². The van der Waals surface area contributed by atoms with Crippen LogP contribution in [0.25, 0.3) is 0 Å². The van der Waals surface area contributed by atoms with Gasteiger partial charge in [0.05, 0.1) is 9.92 Å². The van der Waals surface area contributed by atoms with Crippen LogP contribution < -0.4 is 4.90 Å². The smallest absolute Gasteiger partial charge is 0.246 e. The molecule has 1 amide bonds. The molecule has 1 aromatic carbocycles. The van der Waals surface area contributed by atoms with Crippen LogP contribution in [-0.4, -0.2) is 44.7 Å². The normalized spacial score (nSPS) is 27.2. The first kappa shape index (κ1) is 17.9. The summed E-state index contributed by atoms with van der Waals surface area (Å²) < 4.78 is 10.8. The zero-order chi connectivity index (χ0) is 17.6. The molecule has 1 N–H and O–H groups in total. The molecule has 2 aliphatic heterocycles. The van der Waals surface area contributed by atoms with E-state index in [1.54, 1.807) is 4.90 Å². The summed E-state index contributed by atoms with van der Waals surface area (Å²) in [4.78, 5) is 17.0. The maximum atomic E-state index is 12.6. The highest BCUT2D eigenvalue weighted by molar-refractivity contribution is 8.27. The molecule has 3 aliphatic rings. The number of likely N-dealkylation sites (tertiary alicyclic amines) is 1. The van der Waals surface area contributed by atoms with Gasteiger partial charge in [-0.25, -0.2) is 0 Å². The van der Waals surface area contributed by atoms with E-state index in [9.17, 15) is 9.35 Å². The Hall–Kier alpha value is -0.510. The molecule has 136 valence electrons. The van der Waals surface area contributed by atoms with Crippen LogP contribution in [0.3, 0.4) is 0 Å². The van der Waals surface area contributed by atoms with Gasteiger partial charge in [-0.2, -0.15) is 3.71 Å². The van der Waals surface area contributed by atoms with Crippen LogP contribution in [-0.2, 0) is 31.4 Å². The molecular formula is C17H23N3O2S3. The minimum absolute atomic E-state index is 0.0418. The number of hydrogen-bond donors (Lipinski definition) is 2. The van der Waals surface area contributed by atoms with Crippen molar-refractivity contribution in [2.24, 2.45) is 0 Å². The van der Waals surface area contributed by atoms with Crippen molar-refractivity contribution in [2.75, 3.05) is 24.5 Å². The summed E-state index contributed by atoms with van der Waals surface area (Å²) in [5.41, 5.74) is 2.54. The van der Waals surface area contributed by atoms with Gasteiger partial charge >= 0.3 is 0 Å². The second-order valence-electron chi connectivity index (χ2n) is 7.10. The molecule has 0 aromatic heterocycles. The van der Waals surface area contributed by atoms with Gasteiger partial charge in [0.1, 0.15) is 6.04 Å². The van der Waals surface area contributed by atoms with Gasteiger partial charge in [-0.05, 0) is 74.1 Å². The second kappa shape index (κ2) is 6.90. The van der Waals surface area contributed by atoms with E-state index < -0.39 is 16.0 Å². The van der Waals surface area contributed by atoms with Crippen molar-refractivity contribution in [3.05, 3.63) is 29.8 Å². The fraction of sp³-hybridized carbons (Fsp3) is 0.588. The number of rotatable bonds is 5. The minimum Gasteiger partial charge on any atom is -0.315 e. The Morgan fingerprint density at radius 1 is 1.20 bits per heavy atom. The van der Waals surface area contributed by atoms with E-state index in [2.05, 4.69) is 42.0 Å². The zero-order valence-corrected chi connectivity index (χ0v) is 16.5. The number of nitrogens with zero attached hydrogens (tertiary/aromatic N) is 3. The number of amides is 1. The Balaban J connectivity index is 1.50. The van der Waals surface area contributed by atoms with Crippen molar-refractivity contribution in [2.45, 2.75) is 43.7 Å². The lowest BCUT2D eigenvalue weighted by Crippen LogP contribution is -2.37. The Labute approximate surface area is 161 Å². The predicted octanol–water partition coefficient (Wildman–Crippen LogP) is 2.49. The molecule has 2 atom stereocenters. The Kier molecular flexibility index (Phi) is 4.94. The molecular weight excluding hydrogens is 374 g/mol. The van der Waals surface area contributed by atoms with Gasteiger partial charge in [0, 0.05) is 17.8 Å². The maximum Gasteiger partial charge on any atom is 0.246 e. The fourth-order valence-corrected chi connectivity index (χ4v) is 5.18. The SMILES string of the molecule is O=C1C(N(S)S(O)=S)CCN1c1ccc(C2(N3CCCC3)CC2)cc1. The summed E-state index contributed by atoms with van der Waals surface area (Å²) in [7, 11) is -1.42. The van der Waals surface area contributed by atoms with Crippen molar-refractivity contribution < 1.29 is 9.35 Å². The first-order valence-electron chi connectivity index (χ1n) is 8.79. The van der Waals surface area contributed by atoms with Gasteiger partial charge in [-0.3, -0.25) is 9.69 Å². The molecule has 1 saturated carbocycles. The lowest BCUT2D eigenvalue weighted by atomic mass is 10.0.